The summed E-state index contributed by atoms with van der Waals surface area (Å²) in [4.78, 5) is 29.2. The van der Waals surface area contributed by atoms with Gasteiger partial charge in [-0.25, -0.2) is 9.97 Å². The van der Waals surface area contributed by atoms with Gasteiger partial charge in [-0.2, -0.15) is 26.3 Å². The second kappa shape index (κ2) is 8.84. The third-order valence-corrected chi connectivity index (χ3v) is 5.36. The molecule has 0 radical (unpaired) electrons. The second-order valence-corrected chi connectivity index (χ2v) is 7.93. The molecule has 1 unspecified atom stereocenters. The fraction of sp³-hybridized carbons (Fsp3) is 0.211. The number of aromatic nitrogens is 2. The monoisotopic (exact) mass is 490 g/mol. The molecule has 174 valence electrons. The molecule has 1 aromatic heterocycles. The molecular formula is C19H12F6N4O3S. The van der Waals surface area contributed by atoms with Gasteiger partial charge >= 0.3 is 12.4 Å². The first-order valence-corrected chi connectivity index (χ1v) is 9.82. The van der Waals surface area contributed by atoms with E-state index in [1.807, 2.05) is 5.32 Å². The van der Waals surface area contributed by atoms with E-state index in [2.05, 4.69) is 9.97 Å². The number of hydrogen-bond acceptors (Lipinski definition) is 6. The Kier molecular flexibility index (Phi) is 6.49. The van der Waals surface area contributed by atoms with Crippen LogP contribution in [-0.2, 0) is 17.1 Å². The second-order valence-electron chi connectivity index (χ2n) is 6.60. The maximum atomic E-state index is 13.3. The van der Waals surface area contributed by atoms with Gasteiger partial charge in [0.1, 0.15) is 5.03 Å². The van der Waals surface area contributed by atoms with Gasteiger partial charge in [0.2, 0.25) is 11.7 Å². The van der Waals surface area contributed by atoms with E-state index >= 15 is 0 Å². The number of rotatable bonds is 5. The SMILES string of the molecule is CC(Sc1nc(C(F)(F)F)nc2ccccc12)C(=O)Nc1ccc([N+](=O)[O-])cc1C(F)(F)F. The minimum atomic E-state index is -5.00. The molecule has 1 N–H and O–H groups in total. The zero-order valence-electron chi connectivity index (χ0n) is 16.4. The molecule has 0 fully saturated rings. The van der Waals surface area contributed by atoms with E-state index in [-0.39, 0.29) is 22.0 Å². The van der Waals surface area contributed by atoms with Crippen molar-refractivity contribution in [1.29, 1.82) is 0 Å². The average Bonchev–Trinajstić information content (AvgIpc) is 2.72. The number of fused-ring (bicyclic) bond motifs is 1. The fourth-order valence-electron chi connectivity index (χ4n) is 2.71. The molecule has 1 heterocycles. The number of thioether (sulfide) groups is 1. The number of amides is 1. The Morgan fingerprint density at radius 3 is 2.33 bits per heavy atom. The summed E-state index contributed by atoms with van der Waals surface area (Å²) in [6.45, 7) is 1.27. The van der Waals surface area contributed by atoms with Crippen LogP contribution in [0.4, 0.5) is 37.7 Å². The molecule has 0 saturated heterocycles. The lowest BCUT2D eigenvalue weighted by molar-refractivity contribution is -0.385. The van der Waals surface area contributed by atoms with Gasteiger partial charge in [-0.3, -0.25) is 14.9 Å². The molecule has 0 spiro atoms. The predicted molar refractivity (Wildman–Crippen MR) is 107 cm³/mol. The van der Waals surface area contributed by atoms with Gasteiger partial charge in [-0.05, 0) is 19.1 Å². The van der Waals surface area contributed by atoms with Crippen LogP contribution in [0.25, 0.3) is 10.9 Å². The van der Waals surface area contributed by atoms with Gasteiger partial charge < -0.3 is 5.32 Å². The number of nitro groups is 1. The zero-order chi connectivity index (χ0) is 24.6. The molecule has 14 heteroatoms. The molecule has 33 heavy (non-hydrogen) atoms. The molecule has 3 rings (SSSR count). The van der Waals surface area contributed by atoms with E-state index in [0.29, 0.717) is 11.8 Å². The molecule has 1 atom stereocenters. The zero-order valence-corrected chi connectivity index (χ0v) is 17.2. The van der Waals surface area contributed by atoms with Crippen LogP contribution >= 0.6 is 11.8 Å². The summed E-state index contributed by atoms with van der Waals surface area (Å²) in [5.74, 6) is -2.40. The molecule has 3 aromatic rings. The van der Waals surface area contributed by atoms with Gasteiger partial charge in [-0.15, -0.1) is 0 Å². The highest BCUT2D eigenvalue weighted by molar-refractivity contribution is 8.00. The van der Waals surface area contributed by atoms with Gasteiger partial charge in [0, 0.05) is 17.5 Å². The number of nitro benzene ring substituents is 1. The molecule has 0 aliphatic rings. The quantitative estimate of drug-likeness (QED) is 0.162. The summed E-state index contributed by atoms with van der Waals surface area (Å²) in [7, 11) is 0. The summed E-state index contributed by atoms with van der Waals surface area (Å²) in [6, 6.07) is 7.57. The van der Waals surface area contributed by atoms with E-state index in [4.69, 9.17) is 0 Å². The van der Waals surface area contributed by atoms with Crippen LogP contribution in [0.2, 0.25) is 0 Å². The maximum Gasteiger partial charge on any atom is 0.451 e. The number of para-hydroxylation sites is 1. The third kappa shape index (κ3) is 5.50. The third-order valence-electron chi connectivity index (χ3n) is 4.26. The lowest BCUT2D eigenvalue weighted by Crippen LogP contribution is -2.24. The minimum absolute atomic E-state index is 0.0235. The van der Waals surface area contributed by atoms with Crippen LogP contribution in [-0.4, -0.2) is 26.0 Å². The smallest absolute Gasteiger partial charge is 0.325 e. The van der Waals surface area contributed by atoms with Gasteiger partial charge in [-0.1, -0.05) is 30.0 Å². The summed E-state index contributed by atoms with van der Waals surface area (Å²) in [6.07, 6.45) is -9.86. The van der Waals surface area contributed by atoms with Crippen LogP contribution < -0.4 is 5.32 Å². The van der Waals surface area contributed by atoms with E-state index in [1.165, 1.54) is 31.2 Å². The first-order chi connectivity index (χ1) is 15.3. The van der Waals surface area contributed by atoms with Crippen LogP contribution in [0.15, 0.2) is 47.5 Å². The first-order valence-electron chi connectivity index (χ1n) is 8.94. The maximum absolute atomic E-state index is 13.3. The Bertz CT molecular complexity index is 1230. The van der Waals surface area contributed by atoms with Crippen molar-refractivity contribution in [2.75, 3.05) is 5.32 Å². The van der Waals surface area contributed by atoms with Gasteiger partial charge in [0.15, 0.2) is 0 Å². The number of nitrogens with zero attached hydrogens (tertiary/aromatic N) is 3. The highest BCUT2D eigenvalue weighted by atomic mass is 32.2. The summed E-state index contributed by atoms with van der Waals surface area (Å²) in [5, 5.41) is 11.7. The molecule has 0 bridgehead atoms. The number of non-ortho nitro benzene ring substituents is 1. The van der Waals surface area contributed by atoms with Crippen LogP contribution in [0, 0.1) is 10.1 Å². The summed E-state index contributed by atoms with van der Waals surface area (Å²) < 4.78 is 79.4. The average molecular weight is 490 g/mol. The van der Waals surface area contributed by atoms with Crippen molar-refractivity contribution < 1.29 is 36.1 Å². The minimum Gasteiger partial charge on any atom is -0.325 e. The van der Waals surface area contributed by atoms with Gasteiger partial charge in [0.05, 0.1) is 26.9 Å². The predicted octanol–water partition coefficient (Wildman–Crippen LogP) is 5.69. The lowest BCUT2D eigenvalue weighted by Gasteiger charge is -2.17. The Morgan fingerprint density at radius 1 is 1.06 bits per heavy atom. The normalized spacial score (nSPS) is 13.1. The standard InChI is InChI=1S/C19H12F6N4O3S/c1-9(15(30)26-14-7-6-10(29(31)32)8-12(14)18(20,21)22)33-16-11-4-2-3-5-13(11)27-17(28-16)19(23,24)25/h2-9H,1H3,(H,26,30). The molecule has 0 saturated carbocycles. The van der Waals surface area contributed by atoms with Crippen molar-refractivity contribution in [2.45, 2.75) is 29.6 Å². The molecule has 7 nitrogen and oxygen atoms in total. The molecule has 0 aliphatic carbocycles. The highest BCUT2D eigenvalue weighted by Crippen LogP contribution is 2.38. The van der Waals surface area contributed by atoms with Gasteiger partial charge in [0.25, 0.3) is 5.69 Å². The summed E-state index contributed by atoms with van der Waals surface area (Å²) in [5.41, 5.74) is -3.01. The number of hydrogen-bond donors (Lipinski definition) is 1. The van der Waals surface area contributed by atoms with E-state index in [1.54, 1.807) is 0 Å². The topological polar surface area (TPSA) is 98.0 Å². The van der Waals surface area contributed by atoms with Crippen molar-refractivity contribution >= 4 is 39.9 Å². The van der Waals surface area contributed by atoms with Crippen molar-refractivity contribution in [2.24, 2.45) is 0 Å². The Labute approximate surface area is 185 Å². The first kappa shape index (κ1) is 24.2. The number of benzene rings is 2. The number of nitrogens with one attached hydrogen (secondary N) is 1. The van der Waals surface area contributed by atoms with Crippen molar-refractivity contribution in [3.63, 3.8) is 0 Å². The Hall–Kier alpha value is -3.42. The molecule has 2 aromatic carbocycles. The highest BCUT2D eigenvalue weighted by Gasteiger charge is 2.37. The summed E-state index contributed by atoms with van der Waals surface area (Å²) >= 11 is 0.599. The van der Waals surface area contributed by atoms with Crippen LogP contribution in [0.1, 0.15) is 18.3 Å². The lowest BCUT2D eigenvalue weighted by atomic mass is 10.1. The van der Waals surface area contributed by atoms with E-state index in [0.717, 1.165) is 12.1 Å². The van der Waals surface area contributed by atoms with Crippen LogP contribution in [0.5, 0.6) is 0 Å². The number of carbonyl (C=O) groups excluding carboxylic acids is 1. The fourth-order valence-corrected chi connectivity index (χ4v) is 3.65. The van der Waals surface area contributed by atoms with Crippen molar-refractivity contribution in [3.05, 3.63) is 64.0 Å². The number of alkyl halides is 6. The molecule has 0 aliphatic heterocycles. The molecule has 1 amide bonds. The van der Waals surface area contributed by atoms with E-state index in [9.17, 15) is 41.3 Å². The number of carbonyl (C=O) groups is 1. The number of anilines is 1. The Balaban J connectivity index is 1.91. The van der Waals surface area contributed by atoms with E-state index < -0.39 is 51.2 Å². The van der Waals surface area contributed by atoms with Crippen molar-refractivity contribution in [3.8, 4) is 0 Å². The number of halogens is 6. The largest absolute Gasteiger partial charge is 0.451 e. The molecular weight excluding hydrogens is 478 g/mol. The Morgan fingerprint density at radius 2 is 1.73 bits per heavy atom. The van der Waals surface area contributed by atoms with Crippen molar-refractivity contribution in [1.82, 2.24) is 9.97 Å². The van der Waals surface area contributed by atoms with Crippen LogP contribution in [0.3, 0.4) is 0 Å².